The van der Waals surface area contributed by atoms with Gasteiger partial charge in [-0.1, -0.05) is 19.1 Å². The number of nitrogens with zero attached hydrogens (tertiary/aromatic N) is 1. The van der Waals surface area contributed by atoms with Crippen molar-refractivity contribution in [1.29, 1.82) is 0 Å². The van der Waals surface area contributed by atoms with Gasteiger partial charge in [-0.2, -0.15) is 0 Å². The summed E-state index contributed by atoms with van der Waals surface area (Å²) in [6, 6.07) is 2.85. The number of carbonyl (C=O) groups is 1. The lowest BCUT2D eigenvalue weighted by atomic mass is 10.2. The highest BCUT2D eigenvalue weighted by molar-refractivity contribution is 5.86. The molecule has 0 atom stereocenters. The van der Waals surface area contributed by atoms with E-state index in [0.29, 0.717) is 6.54 Å². The zero-order chi connectivity index (χ0) is 11.4. The molecule has 0 aliphatic carbocycles. The molecular formula is C11H13NO3. The fourth-order valence-electron chi connectivity index (χ4n) is 1.18. The Kier molecular flexibility index (Phi) is 3.44. The topological polar surface area (TPSA) is 59.3 Å². The fraction of sp³-hybridized carbons (Fsp3) is 0.273. The van der Waals surface area contributed by atoms with Crippen molar-refractivity contribution in [2.75, 3.05) is 0 Å². The quantitative estimate of drug-likeness (QED) is 0.761. The van der Waals surface area contributed by atoms with Gasteiger partial charge in [0.25, 0.3) is 5.56 Å². The highest BCUT2D eigenvalue weighted by atomic mass is 16.4. The van der Waals surface area contributed by atoms with Crippen molar-refractivity contribution in [3.05, 3.63) is 46.4 Å². The number of hydrogen-bond acceptors (Lipinski definition) is 2. The summed E-state index contributed by atoms with van der Waals surface area (Å²) in [6.45, 7) is 6.09. The van der Waals surface area contributed by atoms with Crippen molar-refractivity contribution in [2.24, 2.45) is 0 Å². The lowest BCUT2D eigenvalue weighted by molar-refractivity contribution is 0.0694. The molecule has 0 saturated carbocycles. The lowest BCUT2D eigenvalue weighted by Crippen LogP contribution is -2.26. The number of pyridine rings is 1. The van der Waals surface area contributed by atoms with Gasteiger partial charge in [-0.15, -0.1) is 0 Å². The Bertz CT molecular complexity index is 445. The Morgan fingerprint density at radius 2 is 2.27 bits per heavy atom. The minimum atomic E-state index is -1.20. The molecule has 0 bridgehead atoms. The third-order valence-corrected chi connectivity index (χ3v) is 2.14. The molecule has 1 N–H and O–H groups in total. The zero-order valence-corrected chi connectivity index (χ0v) is 8.56. The SMILES string of the molecule is C=C(CC)Cn1cccc(C(=O)O)c1=O. The van der Waals surface area contributed by atoms with E-state index in [1.54, 1.807) is 12.3 Å². The standard InChI is InChI=1S/C11H13NO3/c1-3-8(2)7-12-6-4-5-9(10(12)13)11(14)15/h4-6H,2-3,7H2,1H3,(H,14,15). The van der Waals surface area contributed by atoms with E-state index in [0.717, 1.165) is 12.0 Å². The average molecular weight is 207 g/mol. The van der Waals surface area contributed by atoms with Crippen LogP contribution < -0.4 is 5.56 Å². The number of aromatic carboxylic acids is 1. The minimum absolute atomic E-state index is 0.207. The summed E-state index contributed by atoms with van der Waals surface area (Å²) in [5, 5.41) is 8.75. The van der Waals surface area contributed by atoms with Gasteiger partial charge in [0.05, 0.1) is 0 Å². The Morgan fingerprint density at radius 3 is 2.80 bits per heavy atom. The molecule has 0 aliphatic rings. The van der Waals surface area contributed by atoms with Gasteiger partial charge >= 0.3 is 5.97 Å². The maximum atomic E-state index is 11.6. The molecule has 0 unspecified atom stereocenters. The van der Waals surface area contributed by atoms with Crippen LogP contribution in [-0.4, -0.2) is 15.6 Å². The number of carboxylic acids is 1. The van der Waals surface area contributed by atoms with E-state index in [4.69, 9.17) is 5.11 Å². The Morgan fingerprint density at radius 1 is 1.60 bits per heavy atom. The molecule has 0 saturated heterocycles. The fourth-order valence-corrected chi connectivity index (χ4v) is 1.18. The Labute approximate surface area is 87.5 Å². The van der Waals surface area contributed by atoms with Crippen LogP contribution in [0.2, 0.25) is 0 Å². The van der Waals surface area contributed by atoms with Crippen LogP contribution in [0.5, 0.6) is 0 Å². The third kappa shape index (κ3) is 2.56. The Balaban J connectivity index is 3.11. The van der Waals surface area contributed by atoms with Crippen molar-refractivity contribution < 1.29 is 9.90 Å². The molecule has 1 aromatic rings. The molecule has 4 heteroatoms. The molecule has 1 rings (SSSR count). The summed E-state index contributed by atoms with van der Waals surface area (Å²) < 4.78 is 1.36. The molecule has 0 radical (unpaired) electrons. The highest BCUT2D eigenvalue weighted by Gasteiger charge is 2.09. The van der Waals surface area contributed by atoms with E-state index in [9.17, 15) is 9.59 Å². The summed E-state index contributed by atoms with van der Waals surface area (Å²) in [7, 11) is 0. The number of allylic oxidation sites excluding steroid dienone is 1. The smallest absolute Gasteiger partial charge is 0.341 e. The van der Waals surface area contributed by atoms with Crippen LogP contribution in [0.4, 0.5) is 0 Å². The molecule has 0 fully saturated rings. The molecule has 1 heterocycles. The first-order valence-electron chi connectivity index (χ1n) is 4.65. The van der Waals surface area contributed by atoms with Crippen molar-refractivity contribution in [2.45, 2.75) is 19.9 Å². The van der Waals surface area contributed by atoms with Gasteiger partial charge in [-0.3, -0.25) is 4.79 Å². The first kappa shape index (κ1) is 11.2. The van der Waals surface area contributed by atoms with Crippen molar-refractivity contribution >= 4 is 5.97 Å². The second-order valence-electron chi connectivity index (χ2n) is 3.26. The molecule has 80 valence electrons. The predicted molar refractivity (Wildman–Crippen MR) is 57.1 cm³/mol. The van der Waals surface area contributed by atoms with Crippen molar-refractivity contribution in [1.82, 2.24) is 4.57 Å². The van der Waals surface area contributed by atoms with Crippen LogP contribution >= 0.6 is 0 Å². The monoisotopic (exact) mass is 207 g/mol. The molecule has 0 amide bonds. The average Bonchev–Trinajstić information content (AvgIpc) is 2.20. The van der Waals surface area contributed by atoms with Crippen LogP contribution in [0, 0.1) is 0 Å². The summed E-state index contributed by atoms with van der Waals surface area (Å²) in [4.78, 5) is 22.3. The Hall–Kier alpha value is -1.84. The molecule has 15 heavy (non-hydrogen) atoms. The maximum absolute atomic E-state index is 11.6. The van der Waals surface area contributed by atoms with Gasteiger partial charge < -0.3 is 9.67 Å². The number of carboxylic acid groups (broad SMARTS) is 1. The zero-order valence-electron chi connectivity index (χ0n) is 8.56. The van der Waals surface area contributed by atoms with Gasteiger partial charge in [-0.05, 0) is 18.6 Å². The maximum Gasteiger partial charge on any atom is 0.341 e. The highest BCUT2D eigenvalue weighted by Crippen LogP contribution is 2.00. The van der Waals surface area contributed by atoms with Gasteiger partial charge in [0.15, 0.2) is 0 Å². The predicted octanol–water partition coefficient (Wildman–Crippen LogP) is 1.51. The van der Waals surface area contributed by atoms with Crippen LogP contribution in [0.25, 0.3) is 0 Å². The first-order valence-corrected chi connectivity index (χ1v) is 4.65. The molecule has 0 spiro atoms. The molecule has 1 aromatic heterocycles. The summed E-state index contributed by atoms with van der Waals surface area (Å²) in [5.41, 5.74) is 0.195. The van der Waals surface area contributed by atoms with Gasteiger partial charge in [0.2, 0.25) is 0 Å². The van der Waals surface area contributed by atoms with E-state index < -0.39 is 11.5 Å². The number of hydrogen-bond donors (Lipinski definition) is 1. The van der Waals surface area contributed by atoms with Crippen LogP contribution in [-0.2, 0) is 6.54 Å². The van der Waals surface area contributed by atoms with Crippen molar-refractivity contribution in [3.63, 3.8) is 0 Å². The van der Waals surface area contributed by atoms with E-state index in [2.05, 4.69) is 6.58 Å². The van der Waals surface area contributed by atoms with E-state index >= 15 is 0 Å². The molecular weight excluding hydrogens is 194 g/mol. The number of aromatic nitrogens is 1. The van der Waals surface area contributed by atoms with E-state index in [1.807, 2.05) is 6.92 Å². The summed E-state index contributed by atoms with van der Waals surface area (Å²) >= 11 is 0. The second kappa shape index (κ2) is 4.59. The van der Waals surface area contributed by atoms with E-state index in [-0.39, 0.29) is 5.56 Å². The van der Waals surface area contributed by atoms with E-state index in [1.165, 1.54) is 10.6 Å². The van der Waals surface area contributed by atoms with Crippen LogP contribution in [0.15, 0.2) is 35.3 Å². The largest absolute Gasteiger partial charge is 0.477 e. The van der Waals surface area contributed by atoms with Gasteiger partial charge in [0.1, 0.15) is 5.56 Å². The summed E-state index contributed by atoms with van der Waals surface area (Å²) in [5.74, 6) is -1.20. The van der Waals surface area contributed by atoms with Crippen LogP contribution in [0.1, 0.15) is 23.7 Å². The number of rotatable bonds is 4. The van der Waals surface area contributed by atoms with Crippen molar-refractivity contribution in [3.8, 4) is 0 Å². The molecule has 4 nitrogen and oxygen atoms in total. The van der Waals surface area contributed by atoms with Gasteiger partial charge in [0, 0.05) is 12.7 Å². The minimum Gasteiger partial charge on any atom is -0.477 e. The summed E-state index contributed by atoms with van der Waals surface area (Å²) in [6.07, 6.45) is 2.33. The normalized spacial score (nSPS) is 9.93. The first-order chi connectivity index (χ1) is 7.06. The van der Waals surface area contributed by atoms with Crippen LogP contribution in [0.3, 0.4) is 0 Å². The van der Waals surface area contributed by atoms with Gasteiger partial charge in [-0.25, -0.2) is 4.79 Å². The molecule has 0 aliphatic heterocycles. The third-order valence-electron chi connectivity index (χ3n) is 2.14. The lowest BCUT2D eigenvalue weighted by Gasteiger charge is -2.06. The second-order valence-corrected chi connectivity index (χ2v) is 3.26. The molecule has 0 aromatic carbocycles.